The third-order valence-electron chi connectivity index (χ3n) is 4.07. The molecule has 0 aliphatic rings. The zero-order chi connectivity index (χ0) is 17.2. The number of benzene rings is 1. The van der Waals surface area contributed by atoms with Crippen LogP contribution in [-0.4, -0.2) is 34.8 Å². The molecule has 6 nitrogen and oxygen atoms in total. The number of aromatic nitrogens is 2. The number of hydrogen-bond donors (Lipinski definition) is 1. The molecular formula is C17H24N2O4. The topological polar surface area (TPSA) is 73.6 Å². The predicted octanol–water partition coefficient (Wildman–Crippen LogP) is 3.22. The minimum atomic E-state index is -1.10. The van der Waals surface area contributed by atoms with Crippen LogP contribution in [0, 0.1) is 0 Å². The lowest BCUT2D eigenvalue weighted by atomic mass is 10.0. The minimum absolute atomic E-state index is 0.560. The Hall–Kier alpha value is -2.24. The van der Waals surface area contributed by atoms with Crippen LogP contribution in [0.4, 0.5) is 0 Å². The molecule has 0 aliphatic carbocycles. The summed E-state index contributed by atoms with van der Waals surface area (Å²) in [5.41, 5.74) is 0.349. The molecule has 0 spiro atoms. The van der Waals surface area contributed by atoms with Gasteiger partial charge in [-0.1, -0.05) is 13.3 Å². The van der Waals surface area contributed by atoms with Gasteiger partial charge in [-0.2, -0.15) is 0 Å². The molecular weight excluding hydrogens is 296 g/mol. The van der Waals surface area contributed by atoms with Crippen molar-refractivity contribution in [3.63, 3.8) is 0 Å². The molecule has 6 heteroatoms. The van der Waals surface area contributed by atoms with Crippen LogP contribution in [0.5, 0.6) is 11.5 Å². The van der Waals surface area contributed by atoms with E-state index >= 15 is 0 Å². The molecule has 0 saturated heterocycles. The summed E-state index contributed by atoms with van der Waals surface area (Å²) in [6.45, 7) is 5.46. The first-order valence-corrected chi connectivity index (χ1v) is 7.74. The lowest BCUT2D eigenvalue weighted by Crippen LogP contribution is -2.36. The van der Waals surface area contributed by atoms with Gasteiger partial charge in [-0.3, -0.25) is 0 Å². The van der Waals surface area contributed by atoms with Crippen molar-refractivity contribution in [1.29, 1.82) is 0 Å². The van der Waals surface area contributed by atoms with Gasteiger partial charge in [-0.15, -0.1) is 0 Å². The highest BCUT2D eigenvalue weighted by molar-refractivity contribution is 5.85. The number of imidazole rings is 1. The Bertz CT molecular complexity index is 719. The molecule has 0 saturated carbocycles. The molecule has 2 rings (SSSR count). The van der Waals surface area contributed by atoms with Gasteiger partial charge < -0.3 is 19.1 Å². The van der Waals surface area contributed by atoms with Gasteiger partial charge in [0, 0.05) is 18.6 Å². The van der Waals surface area contributed by atoms with Crippen molar-refractivity contribution in [2.24, 2.45) is 0 Å². The van der Waals surface area contributed by atoms with Crippen LogP contribution in [0.25, 0.3) is 11.0 Å². The van der Waals surface area contributed by atoms with Crippen LogP contribution >= 0.6 is 0 Å². The average molecular weight is 320 g/mol. The lowest BCUT2D eigenvalue weighted by Gasteiger charge is -2.25. The van der Waals surface area contributed by atoms with Crippen molar-refractivity contribution >= 4 is 17.0 Å². The number of carbonyl (C=O) groups is 1. The maximum absolute atomic E-state index is 11.8. The van der Waals surface area contributed by atoms with Gasteiger partial charge in [0.1, 0.15) is 11.4 Å². The second kappa shape index (κ2) is 6.48. The summed E-state index contributed by atoms with van der Waals surface area (Å²) in [4.78, 5) is 16.4. The number of rotatable bonds is 7. The fourth-order valence-corrected chi connectivity index (χ4v) is 2.68. The number of methoxy groups -OCH3 is 2. The first kappa shape index (κ1) is 17.1. The van der Waals surface area contributed by atoms with E-state index in [0.29, 0.717) is 17.0 Å². The largest absolute Gasteiger partial charge is 0.493 e. The fourth-order valence-electron chi connectivity index (χ4n) is 2.68. The standard InChI is InChI=1S/C17H24N2O4/c1-6-7-8-15-18-11-9-13(22-4)14(23-5)10-12(11)19(15)17(2,3)16(20)21/h9-10H,6-8H2,1-5H3,(H,20,21). The van der Waals surface area contributed by atoms with Gasteiger partial charge in [0.25, 0.3) is 0 Å². The Kier molecular flexibility index (Phi) is 4.82. The highest BCUT2D eigenvalue weighted by Crippen LogP contribution is 2.35. The van der Waals surface area contributed by atoms with Crippen LogP contribution in [0.1, 0.15) is 39.4 Å². The predicted molar refractivity (Wildman–Crippen MR) is 88.4 cm³/mol. The van der Waals surface area contributed by atoms with E-state index in [2.05, 4.69) is 11.9 Å². The summed E-state index contributed by atoms with van der Waals surface area (Å²) < 4.78 is 12.5. The van der Waals surface area contributed by atoms with Crippen LogP contribution in [0.15, 0.2) is 12.1 Å². The van der Waals surface area contributed by atoms with Crippen molar-refractivity contribution in [2.45, 2.75) is 45.6 Å². The van der Waals surface area contributed by atoms with Crippen LogP contribution < -0.4 is 9.47 Å². The molecule has 0 fully saturated rings. The highest BCUT2D eigenvalue weighted by atomic mass is 16.5. The number of nitrogens with zero attached hydrogens (tertiary/aromatic N) is 2. The molecule has 1 heterocycles. The Labute approximate surface area is 136 Å². The van der Waals surface area contributed by atoms with Crippen molar-refractivity contribution in [3.8, 4) is 11.5 Å². The van der Waals surface area contributed by atoms with Crippen molar-refractivity contribution in [3.05, 3.63) is 18.0 Å². The maximum atomic E-state index is 11.8. The third kappa shape index (κ3) is 2.98. The Morgan fingerprint density at radius 2 is 1.87 bits per heavy atom. The van der Waals surface area contributed by atoms with Crippen LogP contribution in [0.2, 0.25) is 0 Å². The van der Waals surface area contributed by atoms with E-state index in [1.165, 1.54) is 0 Å². The van der Waals surface area contributed by atoms with Crippen molar-refractivity contribution < 1.29 is 19.4 Å². The molecule has 126 valence electrons. The van der Waals surface area contributed by atoms with Gasteiger partial charge in [0.2, 0.25) is 0 Å². The Balaban J connectivity index is 2.75. The molecule has 0 bridgehead atoms. The molecule has 23 heavy (non-hydrogen) atoms. The molecule has 0 amide bonds. The van der Waals surface area contributed by atoms with E-state index in [1.54, 1.807) is 44.8 Å². The maximum Gasteiger partial charge on any atom is 0.329 e. The number of ether oxygens (including phenoxy) is 2. The molecule has 0 unspecified atom stereocenters. The first-order chi connectivity index (χ1) is 10.9. The molecule has 1 aromatic heterocycles. The average Bonchev–Trinajstić information content (AvgIpc) is 2.88. The number of unbranched alkanes of at least 4 members (excludes halogenated alkanes) is 1. The number of carboxylic acids is 1. The summed E-state index contributed by atoms with van der Waals surface area (Å²) in [5.74, 6) is 1.01. The van der Waals surface area contributed by atoms with E-state index in [0.717, 1.165) is 30.6 Å². The van der Waals surface area contributed by atoms with E-state index in [9.17, 15) is 9.90 Å². The monoisotopic (exact) mass is 320 g/mol. The number of aliphatic carboxylic acids is 1. The second-order valence-corrected chi connectivity index (χ2v) is 6.03. The number of hydrogen-bond acceptors (Lipinski definition) is 4. The second-order valence-electron chi connectivity index (χ2n) is 6.03. The quantitative estimate of drug-likeness (QED) is 0.848. The highest BCUT2D eigenvalue weighted by Gasteiger charge is 2.33. The van der Waals surface area contributed by atoms with Gasteiger partial charge in [-0.05, 0) is 20.3 Å². The fraction of sp³-hybridized carbons (Fsp3) is 0.529. The smallest absolute Gasteiger partial charge is 0.329 e. The van der Waals surface area contributed by atoms with Crippen LogP contribution in [0.3, 0.4) is 0 Å². The molecule has 0 aliphatic heterocycles. The van der Waals surface area contributed by atoms with Gasteiger partial charge in [-0.25, -0.2) is 9.78 Å². The number of aryl methyl sites for hydroxylation is 1. The molecule has 2 aromatic rings. The van der Waals surface area contributed by atoms with E-state index < -0.39 is 11.5 Å². The normalized spacial score (nSPS) is 11.7. The summed E-state index contributed by atoms with van der Waals surface area (Å²) in [6.07, 6.45) is 2.70. The SMILES string of the molecule is CCCCc1nc2cc(OC)c(OC)cc2n1C(C)(C)C(=O)O. The van der Waals surface area contributed by atoms with Gasteiger partial charge in [0.05, 0.1) is 25.3 Å². The summed E-state index contributed by atoms with van der Waals surface area (Å²) >= 11 is 0. The van der Waals surface area contributed by atoms with Gasteiger partial charge in [0.15, 0.2) is 11.5 Å². The minimum Gasteiger partial charge on any atom is -0.493 e. The van der Waals surface area contributed by atoms with Crippen molar-refractivity contribution in [1.82, 2.24) is 9.55 Å². The molecule has 0 radical (unpaired) electrons. The lowest BCUT2D eigenvalue weighted by molar-refractivity contribution is -0.145. The zero-order valence-corrected chi connectivity index (χ0v) is 14.3. The summed E-state index contributed by atoms with van der Waals surface area (Å²) in [5, 5.41) is 9.65. The molecule has 1 aromatic carbocycles. The van der Waals surface area contributed by atoms with Crippen LogP contribution in [-0.2, 0) is 16.8 Å². The number of fused-ring (bicyclic) bond motifs is 1. The summed E-state index contributed by atoms with van der Waals surface area (Å²) in [6, 6.07) is 3.58. The molecule has 1 N–H and O–H groups in total. The summed E-state index contributed by atoms with van der Waals surface area (Å²) in [7, 11) is 3.13. The molecule has 0 atom stereocenters. The Morgan fingerprint density at radius 3 is 2.39 bits per heavy atom. The van der Waals surface area contributed by atoms with Crippen molar-refractivity contribution in [2.75, 3.05) is 14.2 Å². The number of carboxylic acid groups (broad SMARTS) is 1. The zero-order valence-electron chi connectivity index (χ0n) is 14.3. The first-order valence-electron chi connectivity index (χ1n) is 7.74. The Morgan fingerprint density at radius 1 is 1.26 bits per heavy atom. The third-order valence-corrected chi connectivity index (χ3v) is 4.07. The van der Waals surface area contributed by atoms with E-state index in [1.807, 2.05) is 0 Å². The van der Waals surface area contributed by atoms with Gasteiger partial charge >= 0.3 is 5.97 Å². The van der Waals surface area contributed by atoms with E-state index in [4.69, 9.17) is 9.47 Å². The van der Waals surface area contributed by atoms with E-state index in [-0.39, 0.29) is 0 Å².